The predicted molar refractivity (Wildman–Crippen MR) is 98.9 cm³/mol. The molecule has 0 aliphatic carbocycles. The van der Waals surface area contributed by atoms with Crippen molar-refractivity contribution in [2.24, 2.45) is 0 Å². The number of thiophene rings is 1. The Hall–Kier alpha value is -2.51. The summed E-state index contributed by atoms with van der Waals surface area (Å²) < 4.78 is 11.4. The number of likely N-dealkylation sites (tertiary alicyclic amines) is 1. The number of fused-ring (bicyclic) bond motifs is 1. The van der Waals surface area contributed by atoms with E-state index in [0.717, 1.165) is 47.8 Å². The first kappa shape index (κ1) is 15.7. The molecule has 3 aromatic heterocycles. The zero-order valence-electron chi connectivity index (χ0n) is 14.2. The van der Waals surface area contributed by atoms with Crippen molar-refractivity contribution in [1.29, 1.82) is 0 Å². The Balaban J connectivity index is 1.30. The van der Waals surface area contributed by atoms with Gasteiger partial charge in [-0.05, 0) is 43.0 Å². The van der Waals surface area contributed by atoms with Gasteiger partial charge in [0.25, 0.3) is 0 Å². The molecule has 0 unspecified atom stereocenters. The Kier molecular flexibility index (Phi) is 4.03. The highest BCUT2D eigenvalue weighted by Crippen LogP contribution is 2.30. The van der Waals surface area contributed by atoms with Crippen molar-refractivity contribution in [3.8, 4) is 10.7 Å². The number of rotatable bonds is 4. The van der Waals surface area contributed by atoms with Gasteiger partial charge >= 0.3 is 0 Å². The van der Waals surface area contributed by atoms with Crippen LogP contribution in [-0.4, -0.2) is 33.1 Å². The molecule has 4 heterocycles. The molecule has 1 aliphatic heterocycles. The van der Waals surface area contributed by atoms with Gasteiger partial charge in [0, 0.05) is 12.5 Å². The highest BCUT2D eigenvalue weighted by molar-refractivity contribution is 7.13. The summed E-state index contributed by atoms with van der Waals surface area (Å²) in [4.78, 5) is 12.6. The first-order valence-electron chi connectivity index (χ1n) is 8.79. The van der Waals surface area contributed by atoms with Crippen molar-refractivity contribution < 1.29 is 8.94 Å². The molecule has 7 heteroatoms. The molecular weight excluding hydrogens is 348 g/mol. The van der Waals surface area contributed by atoms with E-state index in [1.807, 2.05) is 41.8 Å². The average Bonchev–Trinajstić information content (AvgIpc) is 3.41. The van der Waals surface area contributed by atoms with E-state index in [0.29, 0.717) is 24.2 Å². The fourth-order valence-corrected chi connectivity index (χ4v) is 4.13. The van der Waals surface area contributed by atoms with Crippen molar-refractivity contribution in [2.45, 2.75) is 25.3 Å². The number of para-hydroxylation sites is 2. The summed E-state index contributed by atoms with van der Waals surface area (Å²) in [7, 11) is 0. The minimum atomic E-state index is 0.302. The molecule has 0 bridgehead atoms. The molecule has 1 fully saturated rings. The standard InChI is InChI=1S/C19H18N4O2S/c1-2-7-15-14(6-1)20-19(24-15)13-5-3-9-23(11-13)12-17-21-18(22-25-17)16-8-4-10-26-16/h1-2,4,6-8,10,13H,3,5,9,11-12H2/t13-/m1/s1. The number of hydrogen-bond acceptors (Lipinski definition) is 7. The third-order valence-electron chi connectivity index (χ3n) is 4.73. The molecule has 5 rings (SSSR count). The van der Waals surface area contributed by atoms with Gasteiger partial charge in [-0.3, -0.25) is 4.90 Å². The Morgan fingerprint density at radius 1 is 1.15 bits per heavy atom. The maximum atomic E-state index is 5.97. The number of hydrogen-bond donors (Lipinski definition) is 0. The summed E-state index contributed by atoms with van der Waals surface area (Å²) in [5.74, 6) is 2.46. The second kappa shape index (κ2) is 6.66. The molecular formula is C19H18N4O2S. The molecule has 1 saturated heterocycles. The Morgan fingerprint density at radius 2 is 2.12 bits per heavy atom. The van der Waals surface area contributed by atoms with Crippen LogP contribution in [0.25, 0.3) is 21.8 Å². The lowest BCUT2D eigenvalue weighted by Crippen LogP contribution is -2.34. The second-order valence-corrected chi connectivity index (χ2v) is 7.53. The van der Waals surface area contributed by atoms with E-state index >= 15 is 0 Å². The molecule has 1 atom stereocenters. The third-order valence-corrected chi connectivity index (χ3v) is 5.60. The van der Waals surface area contributed by atoms with E-state index in [1.165, 1.54) is 0 Å². The van der Waals surface area contributed by atoms with E-state index in [9.17, 15) is 0 Å². The lowest BCUT2D eigenvalue weighted by Gasteiger charge is -2.29. The number of benzene rings is 1. The van der Waals surface area contributed by atoms with E-state index < -0.39 is 0 Å². The van der Waals surface area contributed by atoms with Crippen LogP contribution in [-0.2, 0) is 6.54 Å². The molecule has 1 aromatic carbocycles. The minimum absolute atomic E-state index is 0.302. The molecule has 26 heavy (non-hydrogen) atoms. The molecule has 0 saturated carbocycles. The van der Waals surface area contributed by atoms with Gasteiger partial charge in [0.2, 0.25) is 11.7 Å². The van der Waals surface area contributed by atoms with Crippen LogP contribution in [0, 0.1) is 0 Å². The number of oxazole rings is 1. The van der Waals surface area contributed by atoms with E-state index in [-0.39, 0.29) is 0 Å². The van der Waals surface area contributed by atoms with Crippen molar-refractivity contribution in [2.75, 3.05) is 13.1 Å². The molecule has 0 N–H and O–H groups in total. The van der Waals surface area contributed by atoms with Crippen LogP contribution in [0.2, 0.25) is 0 Å². The van der Waals surface area contributed by atoms with Gasteiger partial charge in [0.15, 0.2) is 11.5 Å². The number of piperidine rings is 1. The van der Waals surface area contributed by atoms with Gasteiger partial charge in [0.1, 0.15) is 5.52 Å². The average molecular weight is 366 g/mol. The van der Waals surface area contributed by atoms with Gasteiger partial charge in [0.05, 0.1) is 11.4 Å². The maximum absolute atomic E-state index is 5.97. The Bertz CT molecular complexity index is 975. The lowest BCUT2D eigenvalue weighted by molar-refractivity contribution is 0.167. The summed E-state index contributed by atoms with van der Waals surface area (Å²) in [6.45, 7) is 2.58. The van der Waals surface area contributed by atoms with Crippen molar-refractivity contribution in [3.63, 3.8) is 0 Å². The smallest absolute Gasteiger partial charge is 0.241 e. The molecule has 132 valence electrons. The topological polar surface area (TPSA) is 68.2 Å². The SMILES string of the molecule is c1csc(-c2noc(CN3CCC[C@@H](c4nc5ccccc5o4)C3)n2)c1. The second-order valence-electron chi connectivity index (χ2n) is 6.58. The molecule has 0 spiro atoms. The first-order valence-corrected chi connectivity index (χ1v) is 9.67. The molecule has 0 radical (unpaired) electrons. The molecule has 4 aromatic rings. The highest BCUT2D eigenvalue weighted by Gasteiger charge is 2.26. The summed E-state index contributed by atoms with van der Waals surface area (Å²) >= 11 is 1.62. The highest BCUT2D eigenvalue weighted by atomic mass is 32.1. The fraction of sp³-hybridized carbons (Fsp3) is 0.316. The molecule has 6 nitrogen and oxygen atoms in total. The van der Waals surface area contributed by atoms with Crippen molar-refractivity contribution >= 4 is 22.4 Å². The monoisotopic (exact) mass is 366 g/mol. The maximum Gasteiger partial charge on any atom is 0.241 e. The first-order chi connectivity index (χ1) is 12.8. The van der Waals surface area contributed by atoms with Gasteiger partial charge in [-0.15, -0.1) is 11.3 Å². The zero-order chi connectivity index (χ0) is 17.3. The quantitative estimate of drug-likeness (QED) is 0.536. The van der Waals surface area contributed by atoms with Crippen LogP contribution in [0.15, 0.2) is 50.7 Å². The largest absolute Gasteiger partial charge is 0.440 e. The normalized spacial score (nSPS) is 18.5. The number of aromatic nitrogens is 3. The van der Waals surface area contributed by atoms with Gasteiger partial charge in [-0.25, -0.2) is 4.98 Å². The van der Waals surface area contributed by atoms with Gasteiger partial charge in [-0.1, -0.05) is 23.4 Å². The van der Waals surface area contributed by atoms with Crippen LogP contribution in [0.1, 0.15) is 30.5 Å². The summed E-state index contributed by atoms with van der Waals surface area (Å²) in [6, 6.07) is 11.9. The van der Waals surface area contributed by atoms with Crippen LogP contribution < -0.4 is 0 Å². The molecule has 1 aliphatic rings. The predicted octanol–water partition coefficient (Wildman–Crippen LogP) is 4.32. The lowest BCUT2D eigenvalue weighted by atomic mass is 9.98. The summed E-state index contributed by atoms with van der Waals surface area (Å²) in [6.07, 6.45) is 2.20. The van der Waals surface area contributed by atoms with Gasteiger partial charge < -0.3 is 8.94 Å². The van der Waals surface area contributed by atoms with Crippen LogP contribution in [0.5, 0.6) is 0 Å². The molecule has 0 amide bonds. The van der Waals surface area contributed by atoms with Crippen LogP contribution >= 0.6 is 11.3 Å². The third kappa shape index (κ3) is 3.04. The van der Waals surface area contributed by atoms with Crippen LogP contribution in [0.3, 0.4) is 0 Å². The van der Waals surface area contributed by atoms with Crippen LogP contribution in [0.4, 0.5) is 0 Å². The fourth-order valence-electron chi connectivity index (χ4n) is 3.48. The number of nitrogens with zero attached hydrogens (tertiary/aromatic N) is 4. The van der Waals surface area contributed by atoms with E-state index in [1.54, 1.807) is 11.3 Å². The zero-order valence-corrected chi connectivity index (χ0v) is 15.0. The van der Waals surface area contributed by atoms with Crippen molar-refractivity contribution in [3.05, 3.63) is 53.6 Å². The van der Waals surface area contributed by atoms with E-state index in [4.69, 9.17) is 8.94 Å². The van der Waals surface area contributed by atoms with Crippen molar-refractivity contribution in [1.82, 2.24) is 20.0 Å². The van der Waals surface area contributed by atoms with Gasteiger partial charge in [-0.2, -0.15) is 4.98 Å². The summed E-state index contributed by atoms with van der Waals surface area (Å²) in [5, 5.41) is 6.11. The Labute approximate surface area is 154 Å². The minimum Gasteiger partial charge on any atom is -0.440 e. The van der Waals surface area contributed by atoms with E-state index in [2.05, 4.69) is 20.0 Å². The summed E-state index contributed by atoms with van der Waals surface area (Å²) in [5.41, 5.74) is 1.79. The Morgan fingerprint density at radius 3 is 3.00 bits per heavy atom.